The number of ether oxygens (including phenoxy) is 1. The lowest BCUT2D eigenvalue weighted by Gasteiger charge is -2.10. The summed E-state index contributed by atoms with van der Waals surface area (Å²) in [6.07, 6.45) is 0.937. The van der Waals surface area contributed by atoms with Crippen LogP contribution in [0.5, 0.6) is 5.75 Å². The Morgan fingerprint density at radius 2 is 1.94 bits per heavy atom. The van der Waals surface area contributed by atoms with Gasteiger partial charge in [0.25, 0.3) is 0 Å². The Labute approximate surface area is 109 Å². The first kappa shape index (κ1) is 14.4. The Hall–Kier alpha value is -1.71. The molecule has 4 heteroatoms. The number of urea groups is 1. The average molecular weight is 250 g/mol. The van der Waals surface area contributed by atoms with Gasteiger partial charge in [-0.05, 0) is 31.9 Å². The van der Waals surface area contributed by atoms with Crippen LogP contribution in [0.3, 0.4) is 0 Å². The number of benzene rings is 1. The van der Waals surface area contributed by atoms with Gasteiger partial charge >= 0.3 is 6.03 Å². The molecule has 0 saturated carbocycles. The van der Waals surface area contributed by atoms with Crippen LogP contribution in [0.2, 0.25) is 0 Å². The van der Waals surface area contributed by atoms with Crippen molar-refractivity contribution in [3.05, 3.63) is 29.3 Å². The first-order valence-electron chi connectivity index (χ1n) is 6.35. The van der Waals surface area contributed by atoms with Crippen LogP contribution in [0.15, 0.2) is 18.2 Å². The molecule has 0 atom stereocenters. The Balaban J connectivity index is 2.23. The fraction of sp³-hybridized carbons (Fsp3) is 0.500. The van der Waals surface area contributed by atoms with E-state index in [4.69, 9.17) is 4.74 Å². The number of hydrogen-bond acceptors (Lipinski definition) is 2. The maximum atomic E-state index is 11.2. The highest BCUT2D eigenvalue weighted by Crippen LogP contribution is 2.18. The van der Waals surface area contributed by atoms with E-state index in [0.29, 0.717) is 19.7 Å². The lowest BCUT2D eigenvalue weighted by Crippen LogP contribution is -2.37. The normalized spacial score (nSPS) is 9.94. The van der Waals surface area contributed by atoms with Crippen LogP contribution in [0.25, 0.3) is 0 Å². The van der Waals surface area contributed by atoms with Crippen molar-refractivity contribution >= 4 is 6.03 Å². The molecule has 0 aliphatic rings. The van der Waals surface area contributed by atoms with E-state index in [-0.39, 0.29) is 6.03 Å². The van der Waals surface area contributed by atoms with Crippen molar-refractivity contribution < 1.29 is 9.53 Å². The van der Waals surface area contributed by atoms with Crippen LogP contribution in [0.1, 0.15) is 24.5 Å². The maximum absolute atomic E-state index is 11.2. The van der Waals surface area contributed by atoms with E-state index >= 15 is 0 Å². The second-order valence-electron chi connectivity index (χ2n) is 4.30. The summed E-state index contributed by atoms with van der Waals surface area (Å²) in [7, 11) is 0. The van der Waals surface area contributed by atoms with Crippen LogP contribution in [-0.2, 0) is 0 Å². The first-order valence-corrected chi connectivity index (χ1v) is 6.35. The summed E-state index contributed by atoms with van der Waals surface area (Å²) in [6, 6.07) is 5.92. The highest BCUT2D eigenvalue weighted by Gasteiger charge is 2.00. The summed E-state index contributed by atoms with van der Waals surface area (Å²) in [6.45, 7) is 7.76. The van der Waals surface area contributed by atoms with Gasteiger partial charge in [0.2, 0.25) is 0 Å². The summed E-state index contributed by atoms with van der Waals surface area (Å²) in [5.41, 5.74) is 2.34. The molecule has 2 N–H and O–H groups in total. The van der Waals surface area contributed by atoms with E-state index in [0.717, 1.165) is 17.7 Å². The standard InChI is InChI=1S/C14H22N2O2/c1-4-7-15-14(17)16-8-9-18-13-6-5-11(2)10-12(13)3/h5-6,10H,4,7-9H2,1-3H3,(H2,15,16,17). The topological polar surface area (TPSA) is 50.4 Å². The fourth-order valence-corrected chi connectivity index (χ4v) is 1.59. The minimum atomic E-state index is -0.138. The van der Waals surface area contributed by atoms with Crippen LogP contribution in [0, 0.1) is 13.8 Å². The molecule has 4 nitrogen and oxygen atoms in total. The molecule has 1 rings (SSSR count). The minimum Gasteiger partial charge on any atom is -0.491 e. The quantitative estimate of drug-likeness (QED) is 0.762. The molecule has 0 aromatic heterocycles. The Morgan fingerprint density at radius 3 is 2.61 bits per heavy atom. The van der Waals surface area contributed by atoms with Crippen molar-refractivity contribution in [3.8, 4) is 5.75 Å². The number of carbonyl (C=O) groups excluding carboxylic acids is 1. The van der Waals surface area contributed by atoms with Gasteiger partial charge < -0.3 is 15.4 Å². The number of carbonyl (C=O) groups is 1. The van der Waals surface area contributed by atoms with Crippen molar-refractivity contribution in [2.24, 2.45) is 0 Å². The molecule has 1 aromatic rings. The zero-order chi connectivity index (χ0) is 13.4. The van der Waals surface area contributed by atoms with Gasteiger partial charge in [0.05, 0.1) is 6.54 Å². The van der Waals surface area contributed by atoms with Gasteiger partial charge in [-0.3, -0.25) is 0 Å². The summed E-state index contributed by atoms with van der Waals surface area (Å²) in [5.74, 6) is 0.872. The van der Waals surface area contributed by atoms with Crippen LogP contribution >= 0.6 is 0 Å². The monoisotopic (exact) mass is 250 g/mol. The van der Waals surface area contributed by atoms with Crippen molar-refractivity contribution in [1.82, 2.24) is 10.6 Å². The summed E-state index contributed by atoms with van der Waals surface area (Å²) in [4.78, 5) is 11.2. The smallest absolute Gasteiger partial charge is 0.314 e. The van der Waals surface area contributed by atoms with E-state index < -0.39 is 0 Å². The molecule has 1 aromatic carbocycles. The predicted molar refractivity (Wildman–Crippen MR) is 73.1 cm³/mol. The molecule has 0 fully saturated rings. The highest BCUT2D eigenvalue weighted by molar-refractivity contribution is 5.73. The molecule has 2 amide bonds. The summed E-state index contributed by atoms with van der Waals surface area (Å²) < 4.78 is 5.60. The first-order chi connectivity index (χ1) is 8.63. The Bertz CT molecular complexity index is 391. The van der Waals surface area contributed by atoms with Gasteiger partial charge in [-0.15, -0.1) is 0 Å². The van der Waals surface area contributed by atoms with E-state index in [2.05, 4.69) is 23.6 Å². The zero-order valence-corrected chi connectivity index (χ0v) is 11.4. The van der Waals surface area contributed by atoms with Gasteiger partial charge in [0.15, 0.2) is 0 Å². The van der Waals surface area contributed by atoms with Crippen molar-refractivity contribution in [1.29, 1.82) is 0 Å². The molecule has 100 valence electrons. The number of amides is 2. The third kappa shape index (κ3) is 5.08. The molecule has 0 unspecified atom stereocenters. The van der Waals surface area contributed by atoms with E-state index in [1.54, 1.807) is 0 Å². The highest BCUT2D eigenvalue weighted by atomic mass is 16.5. The minimum absolute atomic E-state index is 0.138. The molecular formula is C14H22N2O2. The maximum Gasteiger partial charge on any atom is 0.314 e. The third-order valence-corrected chi connectivity index (χ3v) is 2.51. The van der Waals surface area contributed by atoms with E-state index in [1.165, 1.54) is 5.56 Å². The molecule has 0 aliphatic carbocycles. The molecule has 0 heterocycles. The number of nitrogens with one attached hydrogen (secondary N) is 2. The van der Waals surface area contributed by atoms with Gasteiger partial charge in [-0.1, -0.05) is 24.6 Å². The predicted octanol–water partition coefficient (Wildman–Crippen LogP) is 2.39. The molecule has 0 saturated heterocycles. The molecule has 18 heavy (non-hydrogen) atoms. The van der Waals surface area contributed by atoms with Gasteiger partial charge in [0.1, 0.15) is 12.4 Å². The van der Waals surface area contributed by atoms with Crippen LogP contribution in [0.4, 0.5) is 4.79 Å². The van der Waals surface area contributed by atoms with Crippen LogP contribution < -0.4 is 15.4 Å². The zero-order valence-electron chi connectivity index (χ0n) is 11.4. The Morgan fingerprint density at radius 1 is 1.22 bits per heavy atom. The second-order valence-corrected chi connectivity index (χ2v) is 4.30. The molecule has 0 radical (unpaired) electrons. The van der Waals surface area contributed by atoms with Crippen molar-refractivity contribution in [3.63, 3.8) is 0 Å². The lowest BCUT2D eigenvalue weighted by molar-refractivity contribution is 0.236. The number of aryl methyl sites for hydroxylation is 2. The fourth-order valence-electron chi connectivity index (χ4n) is 1.59. The SMILES string of the molecule is CCCNC(=O)NCCOc1ccc(C)cc1C. The van der Waals surface area contributed by atoms with E-state index in [1.807, 2.05) is 26.0 Å². The molecule has 0 aliphatic heterocycles. The summed E-state index contributed by atoms with van der Waals surface area (Å²) >= 11 is 0. The van der Waals surface area contributed by atoms with Crippen molar-refractivity contribution in [2.45, 2.75) is 27.2 Å². The molecular weight excluding hydrogens is 228 g/mol. The van der Waals surface area contributed by atoms with Gasteiger partial charge in [-0.25, -0.2) is 4.79 Å². The van der Waals surface area contributed by atoms with Gasteiger partial charge in [-0.2, -0.15) is 0 Å². The second kappa shape index (κ2) is 7.58. The number of rotatable bonds is 6. The van der Waals surface area contributed by atoms with E-state index in [9.17, 15) is 4.79 Å². The lowest BCUT2D eigenvalue weighted by atomic mass is 10.1. The van der Waals surface area contributed by atoms with Crippen molar-refractivity contribution in [2.75, 3.05) is 19.7 Å². The number of hydrogen-bond donors (Lipinski definition) is 2. The van der Waals surface area contributed by atoms with Crippen LogP contribution in [-0.4, -0.2) is 25.7 Å². The summed E-state index contributed by atoms with van der Waals surface area (Å²) in [5, 5.41) is 5.49. The van der Waals surface area contributed by atoms with Gasteiger partial charge in [0, 0.05) is 6.54 Å². The largest absolute Gasteiger partial charge is 0.491 e. The third-order valence-electron chi connectivity index (χ3n) is 2.51. The Kier molecular flexibility index (Phi) is 6.05. The average Bonchev–Trinajstić information content (AvgIpc) is 2.34. The molecule has 0 bridgehead atoms. The molecule has 0 spiro atoms.